The monoisotopic (exact) mass is 357 g/mol. The van der Waals surface area contributed by atoms with Gasteiger partial charge in [-0.3, -0.25) is 0 Å². The lowest BCUT2D eigenvalue weighted by Crippen LogP contribution is -2.17. The summed E-state index contributed by atoms with van der Waals surface area (Å²) in [5.74, 6) is 0.452. The van der Waals surface area contributed by atoms with Crippen molar-refractivity contribution in [3.63, 3.8) is 0 Å². The normalized spacial score (nSPS) is 11.4. The van der Waals surface area contributed by atoms with E-state index in [1.807, 2.05) is 24.3 Å². The largest absolute Gasteiger partial charge is 0.573 e. The Kier molecular flexibility index (Phi) is 6.37. The van der Waals surface area contributed by atoms with Gasteiger partial charge < -0.3 is 9.47 Å². The van der Waals surface area contributed by atoms with Crippen molar-refractivity contribution in [1.29, 1.82) is 0 Å². The zero-order valence-electron chi connectivity index (χ0n) is 12.9. The lowest BCUT2D eigenvalue weighted by Gasteiger charge is -2.12. The molecule has 1 radical (unpaired) electrons. The molecule has 0 aliphatic rings. The number of benzene rings is 2. The van der Waals surface area contributed by atoms with Crippen molar-refractivity contribution in [3.8, 4) is 17.2 Å². The van der Waals surface area contributed by atoms with Crippen LogP contribution < -0.4 is 9.47 Å². The molecule has 0 aliphatic heterocycles. The van der Waals surface area contributed by atoms with Crippen LogP contribution in [0.2, 0.25) is 5.02 Å². The third kappa shape index (κ3) is 5.96. The van der Waals surface area contributed by atoms with Crippen LogP contribution in [0.4, 0.5) is 13.2 Å². The molecule has 2 rings (SSSR count). The summed E-state index contributed by atoms with van der Waals surface area (Å²) in [6.45, 7) is 3.81. The molecular weight excluding hydrogens is 341 g/mol. The third-order valence-corrected chi connectivity index (χ3v) is 3.55. The Hall–Kier alpha value is -1.88. The van der Waals surface area contributed by atoms with E-state index in [0.29, 0.717) is 11.5 Å². The molecule has 2 aromatic carbocycles. The molecule has 2 aromatic rings. The molecule has 0 amide bonds. The molecule has 6 heteroatoms. The molecule has 0 atom stereocenters. The number of ether oxygens (including phenoxy) is 2. The highest BCUT2D eigenvalue weighted by molar-refractivity contribution is 6.32. The van der Waals surface area contributed by atoms with Crippen LogP contribution in [0.3, 0.4) is 0 Å². The predicted molar refractivity (Wildman–Crippen MR) is 87.6 cm³/mol. The van der Waals surface area contributed by atoms with E-state index < -0.39 is 12.1 Å². The second-order valence-corrected chi connectivity index (χ2v) is 5.60. The Morgan fingerprint density at radius 3 is 2.21 bits per heavy atom. The van der Waals surface area contributed by atoms with Crippen molar-refractivity contribution in [3.05, 3.63) is 60.0 Å². The van der Waals surface area contributed by atoms with Crippen LogP contribution in [-0.2, 0) is 6.42 Å². The van der Waals surface area contributed by atoms with Crippen LogP contribution >= 0.6 is 11.6 Å². The fraction of sp³-hybridized carbons (Fsp3) is 0.278. The quantitative estimate of drug-likeness (QED) is 0.521. The van der Waals surface area contributed by atoms with Gasteiger partial charge in [-0.15, -0.1) is 13.2 Å². The Morgan fingerprint density at radius 1 is 0.958 bits per heavy atom. The van der Waals surface area contributed by atoms with Gasteiger partial charge in [-0.1, -0.05) is 43.5 Å². The van der Waals surface area contributed by atoms with Gasteiger partial charge in [-0.2, -0.15) is 0 Å². The summed E-state index contributed by atoms with van der Waals surface area (Å²) in [5, 5.41) is -0.172. The molecule has 0 aromatic heterocycles. The van der Waals surface area contributed by atoms with E-state index in [-0.39, 0.29) is 5.02 Å². The molecule has 0 fully saturated rings. The van der Waals surface area contributed by atoms with Gasteiger partial charge >= 0.3 is 6.36 Å². The fourth-order valence-electron chi connectivity index (χ4n) is 2.12. The highest BCUT2D eigenvalue weighted by Gasteiger charge is 2.32. The molecule has 2 nitrogen and oxygen atoms in total. The van der Waals surface area contributed by atoms with Gasteiger partial charge in [0.2, 0.25) is 0 Å². The highest BCUT2D eigenvalue weighted by Crippen LogP contribution is 2.34. The van der Waals surface area contributed by atoms with Crippen molar-refractivity contribution in [2.24, 2.45) is 0 Å². The number of rotatable bonds is 7. The van der Waals surface area contributed by atoms with Gasteiger partial charge in [0, 0.05) is 6.07 Å². The van der Waals surface area contributed by atoms with Crippen LogP contribution in [0, 0.1) is 6.92 Å². The minimum Gasteiger partial charge on any atom is -0.457 e. The Labute approximate surface area is 144 Å². The highest BCUT2D eigenvalue weighted by atomic mass is 35.5. The lowest BCUT2D eigenvalue weighted by atomic mass is 10.1. The van der Waals surface area contributed by atoms with Gasteiger partial charge in [0.15, 0.2) is 0 Å². The Bertz CT molecular complexity index is 654. The topological polar surface area (TPSA) is 18.5 Å². The van der Waals surface area contributed by atoms with Crippen LogP contribution in [0.1, 0.15) is 24.8 Å². The molecule has 129 valence electrons. The molecule has 0 saturated heterocycles. The smallest absolute Gasteiger partial charge is 0.457 e. The standard InChI is InChI=1S/C18H17ClF3O2/c1-2-3-4-5-13-6-8-14(9-7-13)23-15-10-11-17(16(19)12-15)24-18(20,21)22/h6-12H,1-5H2. The summed E-state index contributed by atoms with van der Waals surface area (Å²) in [4.78, 5) is 0. The van der Waals surface area contributed by atoms with E-state index in [0.717, 1.165) is 31.7 Å². The van der Waals surface area contributed by atoms with Gasteiger partial charge in [-0.05, 0) is 42.7 Å². The molecule has 0 bridgehead atoms. The first-order chi connectivity index (χ1) is 11.4. The molecule has 0 heterocycles. The molecule has 0 N–H and O–H groups in total. The van der Waals surface area contributed by atoms with E-state index in [1.54, 1.807) is 0 Å². The van der Waals surface area contributed by atoms with E-state index in [9.17, 15) is 13.2 Å². The van der Waals surface area contributed by atoms with E-state index in [1.165, 1.54) is 17.7 Å². The Balaban J connectivity index is 1.99. The SMILES string of the molecule is [CH2]CCCCc1ccc(Oc2ccc(OC(F)(F)F)c(Cl)c2)cc1. The molecule has 0 saturated carbocycles. The van der Waals surface area contributed by atoms with Crippen molar-refractivity contribution < 1.29 is 22.6 Å². The van der Waals surface area contributed by atoms with Crippen LogP contribution in [0.5, 0.6) is 17.2 Å². The van der Waals surface area contributed by atoms with E-state index in [2.05, 4.69) is 11.7 Å². The minimum atomic E-state index is -4.78. The summed E-state index contributed by atoms with van der Waals surface area (Å²) in [5.41, 5.74) is 1.20. The summed E-state index contributed by atoms with van der Waals surface area (Å²) in [7, 11) is 0. The van der Waals surface area contributed by atoms with Crippen molar-refractivity contribution >= 4 is 11.6 Å². The summed E-state index contributed by atoms with van der Waals surface area (Å²) in [6, 6.07) is 11.3. The van der Waals surface area contributed by atoms with Gasteiger partial charge in [-0.25, -0.2) is 0 Å². The number of hydrogen-bond acceptors (Lipinski definition) is 2. The summed E-state index contributed by atoms with van der Waals surface area (Å²) >= 11 is 5.79. The average molecular weight is 358 g/mol. The zero-order valence-corrected chi connectivity index (χ0v) is 13.7. The van der Waals surface area contributed by atoms with Gasteiger partial charge in [0.05, 0.1) is 5.02 Å². The fourth-order valence-corrected chi connectivity index (χ4v) is 2.33. The van der Waals surface area contributed by atoms with Crippen molar-refractivity contribution in [1.82, 2.24) is 0 Å². The second kappa shape index (κ2) is 8.29. The first kappa shape index (κ1) is 18.5. The maximum absolute atomic E-state index is 12.2. The van der Waals surface area contributed by atoms with Crippen LogP contribution in [0.15, 0.2) is 42.5 Å². The maximum atomic E-state index is 12.2. The number of alkyl halides is 3. The van der Waals surface area contributed by atoms with Crippen molar-refractivity contribution in [2.75, 3.05) is 0 Å². The lowest BCUT2D eigenvalue weighted by molar-refractivity contribution is -0.274. The zero-order chi connectivity index (χ0) is 17.6. The van der Waals surface area contributed by atoms with Crippen molar-refractivity contribution in [2.45, 2.75) is 32.0 Å². The first-order valence-electron chi connectivity index (χ1n) is 7.49. The molecule has 0 spiro atoms. The van der Waals surface area contributed by atoms with Gasteiger partial charge in [0.25, 0.3) is 0 Å². The molecule has 0 unspecified atom stereocenters. The third-order valence-electron chi connectivity index (χ3n) is 3.25. The predicted octanol–water partition coefficient (Wildman–Crippen LogP) is 6.58. The molecule has 0 aliphatic carbocycles. The maximum Gasteiger partial charge on any atom is 0.573 e. The average Bonchev–Trinajstić information content (AvgIpc) is 2.51. The summed E-state index contributed by atoms with van der Waals surface area (Å²) < 4.78 is 46.0. The van der Waals surface area contributed by atoms with Gasteiger partial charge in [0.1, 0.15) is 17.2 Å². The second-order valence-electron chi connectivity index (χ2n) is 5.20. The number of hydrogen-bond donors (Lipinski definition) is 0. The first-order valence-corrected chi connectivity index (χ1v) is 7.86. The number of aryl methyl sites for hydroxylation is 1. The Morgan fingerprint density at radius 2 is 1.62 bits per heavy atom. The summed E-state index contributed by atoms with van der Waals surface area (Å²) in [6.07, 6.45) is -0.708. The van der Waals surface area contributed by atoms with Crippen LogP contribution in [-0.4, -0.2) is 6.36 Å². The van der Waals surface area contributed by atoms with Crippen LogP contribution in [0.25, 0.3) is 0 Å². The number of unbranched alkanes of at least 4 members (excludes halogenated alkanes) is 2. The minimum absolute atomic E-state index is 0.172. The van der Waals surface area contributed by atoms with E-state index in [4.69, 9.17) is 16.3 Å². The van der Waals surface area contributed by atoms with E-state index >= 15 is 0 Å². The molecule has 24 heavy (non-hydrogen) atoms. The number of halogens is 4. The molecular formula is C18H17ClF3O2.